The van der Waals surface area contributed by atoms with Gasteiger partial charge in [0, 0.05) is 69.0 Å². The number of anilines is 7. The zero-order valence-electron chi connectivity index (χ0n) is 44.4. The third-order valence-electron chi connectivity index (χ3n) is 14.6. The third-order valence-corrected chi connectivity index (χ3v) is 15.6. The lowest BCUT2D eigenvalue weighted by Crippen LogP contribution is -2.41. The number of hydrogen-bond donors (Lipinski definition) is 5. The van der Waals surface area contributed by atoms with Crippen LogP contribution in [-0.4, -0.2) is 116 Å². The number of hydrogen-bond acceptors (Lipinski definition) is 15. The Labute approximate surface area is 454 Å². The van der Waals surface area contributed by atoms with Crippen LogP contribution < -0.4 is 45.8 Å². The van der Waals surface area contributed by atoms with Crippen LogP contribution in [0.3, 0.4) is 0 Å². The maximum Gasteiger partial charge on any atom is 0.435 e. The zero-order chi connectivity index (χ0) is 56.6. The van der Waals surface area contributed by atoms with Crippen molar-refractivity contribution in [2.24, 2.45) is 17.1 Å². The largest absolute Gasteiger partial charge is 0.492 e. The van der Waals surface area contributed by atoms with E-state index in [-0.39, 0.29) is 89.0 Å². The van der Waals surface area contributed by atoms with Crippen LogP contribution in [0.2, 0.25) is 0 Å². The Morgan fingerprint density at radius 1 is 0.886 bits per heavy atom. The van der Waals surface area contributed by atoms with E-state index in [0.29, 0.717) is 88.3 Å². The number of halogens is 3. The fourth-order valence-corrected chi connectivity index (χ4v) is 11.7. The van der Waals surface area contributed by atoms with E-state index in [0.717, 1.165) is 20.9 Å². The number of nitrogens with two attached hydrogens (primary N) is 1. The van der Waals surface area contributed by atoms with E-state index in [9.17, 15) is 45.6 Å². The van der Waals surface area contributed by atoms with E-state index in [1.54, 1.807) is 24.3 Å². The number of primary amides is 1. The van der Waals surface area contributed by atoms with Crippen molar-refractivity contribution in [3.63, 3.8) is 0 Å². The Kier molecular flexibility index (Phi) is 15.8. The number of alkyl carbamates (subject to hydrolysis) is 1. The molecule has 2 aliphatic heterocycles. The van der Waals surface area contributed by atoms with Gasteiger partial charge in [-0.1, -0.05) is 26.0 Å². The Morgan fingerprint density at radius 3 is 2.29 bits per heavy atom. The number of nitrogens with zero attached hydrogens (tertiary/aromatic N) is 7. The molecular formula is C54H63F3N12O9S. The molecule has 0 radical (unpaired) electrons. The van der Waals surface area contributed by atoms with Gasteiger partial charge in [-0.3, -0.25) is 19.2 Å². The molecule has 21 nitrogen and oxygen atoms in total. The van der Waals surface area contributed by atoms with E-state index in [2.05, 4.69) is 41.2 Å². The van der Waals surface area contributed by atoms with Gasteiger partial charge in [0.25, 0.3) is 11.8 Å². The number of benzene rings is 3. The summed E-state index contributed by atoms with van der Waals surface area (Å²) in [5.74, 6) is -1.46. The van der Waals surface area contributed by atoms with Crippen LogP contribution in [0.15, 0.2) is 66.9 Å². The van der Waals surface area contributed by atoms with Gasteiger partial charge in [-0.25, -0.2) is 27.2 Å². The molecule has 2 fully saturated rings. The second kappa shape index (κ2) is 22.4. The number of carbonyl (C=O) groups excluding carboxylic acids is 5. The number of nitrogens with one attached hydrogen (secondary N) is 4. The highest BCUT2D eigenvalue weighted by atomic mass is 32.2. The van der Waals surface area contributed by atoms with Crippen LogP contribution in [0, 0.1) is 11.3 Å². The molecule has 4 amide bonds. The minimum absolute atomic E-state index is 0.00516. The topological polar surface area (TPSA) is 265 Å². The number of Topliss-reactive ketones (excluding diaryl/α,β-unsaturated/α-hetero) is 1. The molecule has 9 rings (SSSR count). The average molecular weight is 1110 g/mol. The van der Waals surface area contributed by atoms with Gasteiger partial charge in [-0.15, -0.1) is 0 Å². The first-order valence-corrected chi connectivity index (χ1v) is 28.0. The molecule has 4 heterocycles. The standard InChI is InChI=1S/C54H63F3N12O9S/c1-6-77-44-27-33(15-19-38(44)63-51-61-30-42-48(64-51)69(79(5,75)76)40-11-8-7-10-37(40)50(73)66(42)4)67-24-20-31(21-25-67)49(72)59-22-9-23-60-52(74)78-35-16-12-32(13-17-35)62-39-26-34(14-18-36(39)47(58)71)68-41-28-53(2,3)29-43(70)45(41)46(65-68)54(55,56)57/h7-8,10-11,14-15,18-19,26-27,30-32,35,62H,6,9,12-13,16-17,20-25,28-29H2,1-5H3,(H2,58,71)(H,59,72)(H,60,74)(H,61,63,64). The summed E-state index contributed by atoms with van der Waals surface area (Å²) < 4.78 is 82.7. The summed E-state index contributed by atoms with van der Waals surface area (Å²) in [6.45, 7) is 7.66. The molecule has 5 aromatic rings. The van der Waals surface area contributed by atoms with Gasteiger partial charge < -0.3 is 46.3 Å². The maximum absolute atomic E-state index is 14.1. The van der Waals surface area contributed by atoms with Crippen molar-refractivity contribution >= 4 is 79.8 Å². The quantitative estimate of drug-likeness (QED) is 0.0595. The minimum Gasteiger partial charge on any atom is -0.492 e. The lowest BCUT2D eigenvalue weighted by molar-refractivity contribution is -0.141. The van der Waals surface area contributed by atoms with Crippen molar-refractivity contribution in [3.05, 3.63) is 94.9 Å². The molecule has 25 heteroatoms. The minimum atomic E-state index is -4.85. The highest BCUT2D eigenvalue weighted by molar-refractivity contribution is 7.92. The molecule has 0 unspecified atom stereocenters. The molecule has 79 heavy (non-hydrogen) atoms. The maximum atomic E-state index is 14.1. The second-order valence-corrected chi connectivity index (χ2v) is 22.9. The molecule has 3 aromatic carbocycles. The average Bonchev–Trinajstić information content (AvgIpc) is 3.96. The number of piperidine rings is 1. The molecule has 1 saturated carbocycles. The van der Waals surface area contributed by atoms with Crippen molar-refractivity contribution < 1.29 is 55.0 Å². The van der Waals surface area contributed by atoms with Crippen LogP contribution in [-0.2, 0) is 32.2 Å². The van der Waals surface area contributed by atoms with E-state index in [1.165, 1.54) is 36.3 Å². The monoisotopic (exact) mass is 1110 g/mol. The molecule has 6 N–H and O–H groups in total. The summed E-state index contributed by atoms with van der Waals surface area (Å²) >= 11 is 0. The van der Waals surface area contributed by atoms with Crippen LogP contribution in [0.4, 0.5) is 58.2 Å². The molecule has 420 valence electrons. The number of alkyl halides is 3. The summed E-state index contributed by atoms with van der Waals surface area (Å²) in [4.78, 5) is 77.3. The van der Waals surface area contributed by atoms with Crippen molar-refractivity contribution in [1.82, 2.24) is 30.4 Å². The fourth-order valence-electron chi connectivity index (χ4n) is 10.7. The normalized spacial score (nSPS) is 18.4. The van der Waals surface area contributed by atoms with Gasteiger partial charge in [-0.2, -0.15) is 23.3 Å². The molecule has 2 aromatic heterocycles. The van der Waals surface area contributed by atoms with Crippen LogP contribution in [0.5, 0.6) is 5.75 Å². The van der Waals surface area contributed by atoms with Gasteiger partial charge in [0.05, 0.1) is 58.5 Å². The van der Waals surface area contributed by atoms with Gasteiger partial charge in [0.1, 0.15) is 17.5 Å². The highest BCUT2D eigenvalue weighted by Gasteiger charge is 2.46. The number of aromatic nitrogens is 4. The second-order valence-electron chi connectivity index (χ2n) is 21.0. The van der Waals surface area contributed by atoms with E-state index >= 15 is 0 Å². The van der Waals surface area contributed by atoms with Crippen molar-refractivity contribution in [2.45, 2.75) is 96.9 Å². The van der Waals surface area contributed by atoms with Gasteiger partial charge in [-0.05, 0) is 106 Å². The van der Waals surface area contributed by atoms with Crippen LogP contribution in [0.1, 0.15) is 115 Å². The Morgan fingerprint density at radius 2 is 1.59 bits per heavy atom. The van der Waals surface area contributed by atoms with Crippen molar-refractivity contribution in [2.75, 3.05) is 70.8 Å². The van der Waals surface area contributed by atoms with Crippen molar-refractivity contribution in [3.8, 4) is 11.4 Å². The first-order chi connectivity index (χ1) is 37.5. The SMILES string of the molecule is CCOc1cc(N2CCC(C(=O)NCCCNC(=O)OC3CCC(Nc4cc(-n5nc(C(F)(F)F)c6c5CC(C)(C)CC6=O)ccc4C(N)=O)CC3)CC2)ccc1Nc1ncc2c(n1)N(S(C)(=O)=O)c1ccccc1C(=O)N2C. The number of rotatable bonds is 16. The summed E-state index contributed by atoms with van der Waals surface area (Å²) in [6.07, 6.45) is 0.559. The van der Waals surface area contributed by atoms with Gasteiger partial charge in [0.15, 0.2) is 17.3 Å². The van der Waals surface area contributed by atoms with Gasteiger partial charge >= 0.3 is 12.3 Å². The van der Waals surface area contributed by atoms with E-state index < -0.39 is 56.6 Å². The Bertz CT molecular complexity index is 3300. The number of para-hydroxylation sites is 1. The summed E-state index contributed by atoms with van der Waals surface area (Å²) in [5.41, 5.74) is 6.26. The molecule has 4 aliphatic rings. The fraction of sp³-hybridized carbons (Fsp3) is 0.444. The number of fused-ring (bicyclic) bond motifs is 3. The molecule has 1 saturated heterocycles. The molecule has 0 spiro atoms. The number of sulfonamides is 1. The first kappa shape index (κ1) is 55.8. The van der Waals surface area contributed by atoms with Crippen molar-refractivity contribution in [1.29, 1.82) is 0 Å². The number of amides is 4. The number of ether oxygens (including phenoxy) is 2. The zero-order valence-corrected chi connectivity index (χ0v) is 45.2. The smallest absolute Gasteiger partial charge is 0.435 e. The summed E-state index contributed by atoms with van der Waals surface area (Å²) in [7, 11) is -2.42. The van der Waals surface area contributed by atoms with Crippen LogP contribution >= 0.6 is 0 Å². The summed E-state index contributed by atoms with van der Waals surface area (Å²) in [5, 5.41) is 16.1. The van der Waals surface area contributed by atoms with E-state index in [1.807, 2.05) is 39.0 Å². The molecule has 0 atom stereocenters. The predicted molar refractivity (Wildman–Crippen MR) is 289 cm³/mol. The van der Waals surface area contributed by atoms with Crippen LogP contribution in [0.25, 0.3) is 5.69 Å². The number of carbonyl (C=O) groups is 5. The molecule has 2 aliphatic carbocycles. The Balaban J connectivity index is 0.717. The lowest BCUT2D eigenvalue weighted by Gasteiger charge is -2.33. The molecular weight excluding hydrogens is 1050 g/mol. The van der Waals surface area contributed by atoms with Gasteiger partial charge in [0.2, 0.25) is 21.9 Å². The van der Waals surface area contributed by atoms with E-state index in [4.69, 9.17) is 15.2 Å². The first-order valence-electron chi connectivity index (χ1n) is 26.2. The lowest BCUT2D eigenvalue weighted by atomic mass is 9.75. The number of ketones is 1. The predicted octanol–water partition coefficient (Wildman–Crippen LogP) is 7.64. The summed E-state index contributed by atoms with van der Waals surface area (Å²) in [6, 6.07) is 16.3. The Hall–Kier alpha value is -7.96. The molecule has 0 bridgehead atoms. The highest BCUT2D eigenvalue weighted by Crippen LogP contribution is 2.44. The third kappa shape index (κ3) is 12.2.